The highest BCUT2D eigenvalue weighted by Gasteiger charge is 2.13. The van der Waals surface area contributed by atoms with E-state index in [1.807, 2.05) is 6.92 Å². The molecule has 0 fully saturated rings. The van der Waals surface area contributed by atoms with Gasteiger partial charge in [0.1, 0.15) is 5.75 Å². The molecule has 1 unspecified atom stereocenters. The Labute approximate surface area is 117 Å². The van der Waals surface area contributed by atoms with Crippen molar-refractivity contribution in [3.05, 3.63) is 29.8 Å². The summed E-state index contributed by atoms with van der Waals surface area (Å²) >= 11 is 0. The van der Waals surface area contributed by atoms with Gasteiger partial charge in [-0.15, -0.1) is 0 Å². The molecule has 6 nitrogen and oxygen atoms in total. The summed E-state index contributed by atoms with van der Waals surface area (Å²) in [6, 6.07) is 6.74. The number of hydrogen-bond donors (Lipinski definition) is 3. The van der Waals surface area contributed by atoms with Crippen LogP contribution in [0, 0.1) is 0 Å². The Bertz CT molecular complexity index is 461. The molecular formula is C14H19NO5. The van der Waals surface area contributed by atoms with Crippen molar-refractivity contribution in [2.75, 3.05) is 13.2 Å². The van der Waals surface area contributed by atoms with Crippen molar-refractivity contribution in [1.82, 2.24) is 5.32 Å². The van der Waals surface area contributed by atoms with Gasteiger partial charge in [-0.2, -0.15) is 0 Å². The van der Waals surface area contributed by atoms with Crippen LogP contribution in [0.5, 0.6) is 5.75 Å². The third-order valence-corrected chi connectivity index (χ3v) is 2.56. The lowest BCUT2D eigenvalue weighted by molar-refractivity contribution is -0.146. The number of carbonyl (C=O) groups excluding carboxylic acids is 1. The Hall–Kier alpha value is -2.08. The molecule has 20 heavy (non-hydrogen) atoms. The molecule has 1 rings (SSSR count). The number of aliphatic hydroxyl groups is 1. The lowest BCUT2D eigenvalue weighted by atomic mass is 10.2. The maximum atomic E-state index is 11.8. The molecule has 0 saturated heterocycles. The van der Waals surface area contributed by atoms with E-state index >= 15 is 0 Å². The van der Waals surface area contributed by atoms with E-state index in [1.165, 1.54) is 0 Å². The van der Waals surface area contributed by atoms with Gasteiger partial charge in [0.15, 0.2) is 6.10 Å². The van der Waals surface area contributed by atoms with E-state index in [2.05, 4.69) is 5.32 Å². The third kappa shape index (κ3) is 5.27. The predicted molar refractivity (Wildman–Crippen MR) is 72.8 cm³/mol. The predicted octanol–water partition coefficient (Wildman–Crippen LogP) is 1.04. The van der Waals surface area contributed by atoms with Crippen molar-refractivity contribution in [2.45, 2.75) is 25.9 Å². The normalized spacial score (nSPS) is 11.7. The van der Waals surface area contributed by atoms with Gasteiger partial charge in [0.05, 0.1) is 6.61 Å². The first-order valence-corrected chi connectivity index (χ1v) is 6.46. The lowest BCUT2D eigenvalue weighted by Gasteiger charge is -2.09. The van der Waals surface area contributed by atoms with Crippen molar-refractivity contribution in [3.63, 3.8) is 0 Å². The molecule has 0 aliphatic rings. The highest BCUT2D eigenvalue weighted by molar-refractivity contribution is 5.94. The minimum absolute atomic E-state index is 0.0346. The van der Waals surface area contributed by atoms with Crippen LogP contribution in [-0.2, 0) is 4.79 Å². The number of hydrogen-bond acceptors (Lipinski definition) is 4. The number of aliphatic carboxylic acids is 1. The van der Waals surface area contributed by atoms with Gasteiger partial charge in [0, 0.05) is 18.5 Å². The van der Waals surface area contributed by atoms with E-state index in [-0.39, 0.29) is 18.9 Å². The molecule has 0 saturated carbocycles. The third-order valence-electron chi connectivity index (χ3n) is 2.56. The fourth-order valence-corrected chi connectivity index (χ4v) is 1.49. The minimum Gasteiger partial charge on any atom is -0.494 e. The summed E-state index contributed by atoms with van der Waals surface area (Å²) in [6.07, 6.45) is -0.620. The van der Waals surface area contributed by atoms with Crippen LogP contribution in [0.1, 0.15) is 30.1 Å². The van der Waals surface area contributed by atoms with Crippen molar-refractivity contribution < 1.29 is 24.5 Å². The summed E-state index contributed by atoms with van der Waals surface area (Å²) in [4.78, 5) is 22.2. The zero-order valence-electron chi connectivity index (χ0n) is 11.3. The second kappa shape index (κ2) is 8.16. The van der Waals surface area contributed by atoms with Crippen LogP contribution in [0.25, 0.3) is 0 Å². The van der Waals surface area contributed by atoms with Gasteiger partial charge in [-0.05, 0) is 24.6 Å². The molecule has 6 heteroatoms. The average molecular weight is 281 g/mol. The summed E-state index contributed by atoms with van der Waals surface area (Å²) in [6.45, 7) is 2.66. The number of carboxylic acid groups (broad SMARTS) is 1. The first-order valence-electron chi connectivity index (χ1n) is 6.46. The van der Waals surface area contributed by atoms with Crippen LogP contribution < -0.4 is 10.1 Å². The number of benzene rings is 1. The Morgan fingerprint density at radius 2 is 2.15 bits per heavy atom. The molecule has 0 aliphatic carbocycles. The van der Waals surface area contributed by atoms with E-state index in [9.17, 15) is 9.59 Å². The van der Waals surface area contributed by atoms with Crippen LogP contribution in [0.3, 0.4) is 0 Å². The number of aliphatic hydroxyl groups excluding tert-OH is 1. The Morgan fingerprint density at radius 1 is 1.40 bits per heavy atom. The zero-order valence-corrected chi connectivity index (χ0v) is 11.3. The molecule has 0 aliphatic heterocycles. The van der Waals surface area contributed by atoms with Crippen LogP contribution in [0.15, 0.2) is 24.3 Å². The van der Waals surface area contributed by atoms with E-state index in [4.69, 9.17) is 14.9 Å². The number of carboxylic acids is 1. The minimum atomic E-state index is -1.46. The van der Waals surface area contributed by atoms with E-state index in [0.29, 0.717) is 17.9 Å². The van der Waals surface area contributed by atoms with Crippen LogP contribution in [0.4, 0.5) is 0 Å². The summed E-state index contributed by atoms with van der Waals surface area (Å²) in [5.74, 6) is -1.01. The Balaban J connectivity index is 2.48. The maximum Gasteiger partial charge on any atom is 0.332 e. The van der Waals surface area contributed by atoms with Crippen LogP contribution in [0.2, 0.25) is 0 Å². The number of nitrogens with one attached hydrogen (secondary N) is 1. The number of amides is 1. The molecule has 1 aromatic carbocycles. The molecular weight excluding hydrogens is 262 g/mol. The zero-order chi connectivity index (χ0) is 15.0. The first-order chi connectivity index (χ1) is 9.54. The van der Waals surface area contributed by atoms with E-state index in [1.54, 1.807) is 24.3 Å². The molecule has 110 valence electrons. The van der Waals surface area contributed by atoms with E-state index < -0.39 is 12.1 Å². The molecule has 0 heterocycles. The molecule has 0 radical (unpaired) electrons. The summed E-state index contributed by atoms with van der Waals surface area (Å²) in [5.41, 5.74) is 0.434. The second-order valence-electron chi connectivity index (χ2n) is 4.27. The molecule has 0 spiro atoms. The van der Waals surface area contributed by atoms with Gasteiger partial charge in [0.25, 0.3) is 5.91 Å². The SMILES string of the molecule is CCCOc1cccc(C(=O)NCCC(O)C(=O)O)c1. The smallest absolute Gasteiger partial charge is 0.332 e. The largest absolute Gasteiger partial charge is 0.494 e. The van der Waals surface area contributed by atoms with Gasteiger partial charge in [-0.1, -0.05) is 13.0 Å². The maximum absolute atomic E-state index is 11.8. The average Bonchev–Trinajstić information content (AvgIpc) is 2.45. The highest BCUT2D eigenvalue weighted by atomic mass is 16.5. The summed E-state index contributed by atoms with van der Waals surface area (Å²) in [5, 5.41) is 20.1. The van der Waals surface area contributed by atoms with Crippen LogP contribution in [-0.4, -0.2) is 41.3 Å². The topological polar surface area (TPSA) is 95.9 Å². The monoisotopic (exact) mass is 281 g/mol. The summed E-state index contributed by atoms with van der Waals surface area (Å²) in [7, 11) is 0. The van der Waals surface area contributed by atoms with Crippen LogP contribution >= 0.6 is 0 Å². The second-order valence-corrected chi connectivity index (χ2v) is 4.27. The van der Waals surface area contributed by atoms with Gasteiger partial charge < -0.3 is 20.3 Å². The van der Waals surface area contributed by atoms with Gasteiger partial charge in [-0.3, -0.25) is 4.79 Å². The van der Waals surface area contributed by atoms with Gasteiger partial charge in [-0.25, -0.2) is 4.79 Å². The standard InChI is InChI=1S/C14H19NO5/c1-2-8-20-11-5-3-4-10(9-11)13(17)15-7-6-12(16)14(18)19/h3-5,9,12,16H,2,6-8H2,1H3,(H,15,17)(H,18,19). The number of ether oxygens (including phenoxy) is 1. The first kappa shape index (κ1) is 16.0. The Kier molecular flexibility index (Phi) is 6.52. The number of carbonyl (C=O) groups is 2. The molecule has 3 N–H and O–H groups in total. The molecule has 1 aromatic rings. The van der Waals surface area contributed by atoms with Gasteiger partial charge >= 0.3 is 5.97 Å². The summed E-state index contributed by atoms with van der Waals surface area (Å²) < 4.78 is 5.42. The molecule has 0 aromatic heterocycles. The molecule has 1 amide bonds. The molecule has 0 bridgehead atoms. The van der Waals surface area contributed by atoms with E-state index in [0.717, 1.165) is 6.42 Å². The van der Waals surface area contributed by atoms with Crippen molar-refractivity contribution >= 4 is 11.9 Å². The quantitative estimate of drug-likeness (QED) is 0.661. The highest BCUT2D eigenvalue weighted by Crippen LogP contribution is 2.13. The van der Waals surface area contributed by atoms with Crippen molar-refractivity contribution in [3.8, 4) is 5.75 Å². The van der Waals surface area contributed by atoms with Crippen molar-refractivity contribution in [2.24, 2.45) is 0 Å². The molecule has 1 atom stereocenters. The van der Waals surface area contributed by atoms with Crippen molar-refractivity contribution in [1.29, 1.82) is 0 Å². The lowest BCUT2D eigenvalue weighted by Crippen LogP contribution is -2.30. The Morgan fingerprint density at radius 3 is 2.80 bits per heavy atom. The fourth-order valence-electron chi connectivity index (χ4n) is 1.49. The van der Waals surface area contributed by atoms with Gasteiger partial charge in [0.2, 0.25) is 0 Å². The number of rotatable bonds is 8. The fraction of sp³-hybridized carbons (Fsp3) is 0.429.